The average Bonchev–Trinajstić information content (AvgIpc) is 2.85. The molecule has 2 rings (SSSR count). The van der Waals surface area contributed by atoms with Crippen LogP contribution in [0.1, 0.15) is 43.0 Å². The Labute approximate surface area is 113 Å². The van der Waals surface area contributed by atoms with Crippen molar-refractivity contribution >= 4 is 11.3 Å². The third-order valence-electron chi connectivity index (χ3n) is 2.84. The quantitative estimate of drug-likeness (QED) is 0.795. The van der Waals surface area contributed by atoms with Crippen LogP contribution in [0.15, 0.2) is 29.6 Å². The van der Waals surface area contributed by atoms with E-state index >= 15 is 0 Å². The number of aromatic nitrogens is 1. The van der Waals surface area contributed by atoms with Gasteiger partial charge >= 0.3 is 0 Å². The van der Waals surface area contributed by atoms with Crippen molar-refractivity contribution in [3.05, 3.63) is 45.9 Å². The first kappa shape index (κ1) is 13.1. The minimum atomic E-state index is 0.553. The number of thiazole rings is 1. The van der Waals surface area contributed by atoms with Crippen LogP contribution >= 0.6 is 11.3 Å². The molecule has 96 valence electrons. The van der Waals surface area contributed by atoms with Crippen LogP contribution < -0.4 is 4.74 Å². The minimum Gasteiger partial charge on any atom is -0.487 e. The molecule has 0 saturated heterocycles. The van der Waals surface area contributed by atoms with Crippen LogP contribution in [-0.4, -0.2) is 4.98 Å². The number of ether oxygens (including phenoxy) is 1. The van der Waals surface area contributed by atoms with Crippen molar-refractivity contribution in [3.8, 4) is 5.75 Å². The first-order valence-corrected chi connectivity index (χ1v) is 7.23. The Bertz CT molecular complexity index is 487. The van der Waals surface area contributed by atoms with Crippen LogP contribution in [-0.2, 0) is 13.0 Å². The number of nitrogens with zero attached hydrogens (tertiary/aromatic N) is 1. The van der Waals surface area contributed by atoms with Crippen molar-refractivity contribution < 1.29 is 4.74 Å². The molecule has 0 N–H and O–H groups in total. The van der Waals surface area contributed by atoms with Gasteiger partial charge in [-0.25, -0.2) is 4.98 Å². The standard InChI is InChI=1S/C15H19NOS/c1-4-15-16-13(10-18-15)9-17-14-7-5-12(6-8-14)11(2)3/h5-8,10-11H,4,9H2,1-3H3. The predicted molar refractivity (Wildman–Crippen MR) is 76.4 cm³/mol. The zero-order chi connectivity index (χ0) is 13.0. The van der Waals surface area contributed by atoms with Gasteiger partial charge in [0.15, 0.2) is 0 Å². The molecule has 0 saturated carbocycles. The average molecular weight is 261 g/mol. The van der Waals surface area contributed by atoms with Crippen molar-refractivity contribution in [2.45, 2.75) is 39.7 Å². The highest BCUT2D eigenvalue weighted by Gasteiger charge is 2.02. The van der Waals surface area contributed by atoms with Gasteiger partial charge in [0.05, 0.1) is 10.7 Å². The molecule has 0 atom stereocenters. The predicted octanol–water partition coefficient (Wildman–Crippen LogP) is 4.41. The highest BCUT2D eigenvalue weighted by Crippen LogP contribution is 2.19. The van der Waals surface area contributed by atoms with Crippen molar-refractivity contribution in [1.82, 2.24) is 4.98 Å². The van der Waals surface area contributed by atoms with Gasteiger partial charge < -0.3 is 4.74 Å². The summed E-state index contributed by atoms with van der Waals surface area (Å²) in [6, 6.07) is 8.31. The van der Waals surface area contributed by atoms with Crippen molar-refractivity contribution in [1.29, 1.82) is 0 Å². The lowest BCUT2D eigenvalue weighted by Crippen LogP contribution is -1.96. The molecule has 0 aliphatic carbocycles. The number of rotatable bonds is 5. The summed E-state index contributed by atoms with van der Waals surface area (Å²) in [6.45, 7) is 7.06. The summed E-state index contributed by atoms with van der Waals surface area (Å²) in [7, 11) is 0. The van der Waals surface area contributed by atoms with Gasteiger partial charge in [0.2, 0.25) is 0 Å². The van der Waals surface area contributed by atoms with E-state index in [1.807, 2.05) is 12.1 Å². The lowest BCUT2D eigenvalue weighted by atomic mass is 10.0. The molecule has 0 aliphatic heterocycles. The summed E-state index contributed by atoms with van der Waals surface area (Å²) < 4.78 is 5.73. The number of aryl methyl sites for hydroxylation is 1. The summed E-state index contributed by atoms with van der Waals surface area (Å²) >= 11 is 1.70. The Balaban J connectivity index is 1.93. The molecule has 1 heterocycles. The fourth-order valence-corrected chi connectivity index (χ4v) is 2.41. The normalized spacial score (nSPS) is 10.9. The number of benzene rings is 1. The second kappa shape index (κ2) is 6.01. The van der Waals surface area contributed by atoms with Crippen molar-refractivity contribution in [2.75, 3.05) is 0 Å². The molecule has 0 aliphatic rings. The SMILES string of the molecule is CCc1nc(COc2ccc(C(C)C)cc2)cs1. The van der Waals surface area contributed by atoms with Gasteiger partial charge in [0.1, 0.15) is 12.4 Å². The van der Waals surface area contributed by atoms with E-state index in [4.69, 9.17) is 4.74 Å². The summed E-state index contributed by atoms with van der Waals surface area (Å²) in [5.41, 5.74) is 2.36. The van der Waals surface area contributed by atoms with Gasteiger partial charge in [-0.05, 0) is 30.0 Å². The second-order valence-corrected chi connectivity index (χ2v) is 5.54. The molecular formula is C15H19NOS. The van der Waals surface area contributed by atoms with E-state index in [1.54, 1.807) is 11.3 Å². The maximum absolute atomic E-state index is 5.73. The van der Waals surface area contributed by atoms with E-state index in [1.165, 1.54) is 10.6 Å². The van der Waals surface area contributed by atoms with E-state index in [9.17, 15) is 0 Å². The molecule has 2 aromatic rings. The van der Waals surface area contributed by atoms with Crippen LogP contribution in [0.25, 0.3) is 0 Å². The van der Waals surface area contributed by atoms with Gasteiger partial charge in [-0.2, -0.15) is 0 Å². The van der Waals surface area contributed by atoms with Crippen molar-refractivity contribution in [2.24, 2.45) is 0 Å². The largest absolute Gasteiger partial charge is 0.487 e. The highest BCUT2D eigenvalue weighted by atomic mass is 32.1. The third kappa shape index (κ3) is 3.33. The van der Waals surface area contributed by atoms with Crippen LogP contribution in [0.5, 0.6) is 5.75 Å². The van der Waals surface area contributed by atoms with Gasteiger partial charge in [-0.15, -0.1) is 11.3 Å². The number of hydrogen-bond acceptors (Lipinski definition) is 3. The van der Waals surface area contributed by atoms with E-state index in [0.29, 0.717) is 12.5 Å². The molecule has 0 fully saturated rings. The van der Waals surface area contributed by atoms with E-state index in [2.05, 4.69) is 43.3 Å². The molecule has 3 heteroatoms. The third-order valence-corrected chi connectivity index (χ3v) is 3.88. The van der Waals surface area contributed by atoms with E-state index < -0.39 is 0 Å². The Morgan fingerprint density at radius 3 is 2.50 bits per heavy atom. The van der Waals surface area contributed by atoms with E-state index in [-0.39, 0.29) is 0 Å². The fourth-order valence-electron chi connectivity index (χ4n) is 1.68. The van der Waals surface area contributed by atoms with Gasteiger partial charge in [0, 0.05) is 5.38 Å². The molecule has 0 radical (unpaired) electrons. The summed E-state index contributed by atoms with van der Waals surface area (Å²) in [6.07, 6.45) is 0.994. The lowest BCUT2D eigenvalue weighted by molar-refractivity contribution is 0.302. The van der Waals surface area contributed by atoms with Crippen LogP contribution in [0.4, 0.5) is 0 Å². The molecular weight excluding hydrogens is 242 g/mol. The first-order valence-electron chi connectivity index (χ1n) is 6.35. The summed E-state index contributed by atoms with van der Waals surface area (Å²) in [4.78, 5) is 4.48. The van der Waals surface area contributed by atoms with Crippen LogP contribution in [0, 0.1) is 0 Å². The fraction of sp³-hybridized carbons (Fsp3) is 0.400. The van der Waals surface area contributed by atoms with Gasteiger partial charge in [-0.3, -0.25) is 0 Å². The zero-order valence-corrected chi connectivity index (χ0v) is 12.0. The maximum atomic E-state index is 5.73. The molecule has 1 aromatic heterocycles. The van der Waals surface area contributed by atoms with Crippen molar-refractivity contribution in [3.63, 3.8) is 0 Å². The second-order valence-electron chi connectivity index (χ2n) is 4.60. The highest BCUT2D eigenvalue weighted by molar-refractivity contribution is 7.09. The smallest absolute Gasteiger partial charge is 0.131 e. The summed E-state index contributed by atoms with van der Waals surface area (Å²) in [5.74, 6) is 1.47. The number of hydrogen-bond donors (Lipinski definition) is 0. The molecule has 0 spiro atoms. The summed E-state index contributed by atoms with van der Waals surface area (Å²) in [5, 5.41) is 3.24. The van der Waals surface area contributed by atoms with Crippen LogP contribution in [0.2, 0.25) is 0 Å². The van der Waals surface area contributed by atoms with Crippen LogP contribution in [0.3, 0.4) is 0 Å². The monoisotopic (exact) mass is 261 g/mol. The molecule has 18 heavy (non-hydrogen) atoms. The minimum absolute atomic E-state index is 0.553. The van der Waals surface area contributed by atoms with Gasteiger partial charge in [0.25, 0.3) is 0 Å². The molecule has 0 bridgehead atoms. The Kier molecular flexibility index (Phi) is 4.37. The maximum Gasteiger partial charge on any atom is 0.131 e. The Morgan fingerprint density at radius 2 is 1.94 bits per heavy atom. The zero-order valence-electron chi connectivity index (χ0n) is 11.1. The Hall–Kier alpha value is -1.35. The topological polar surface area (TPSA) is 22.1 Å². The molecule has 0 unspecified atom stereocenters. The van der Waals surface area contributed by atoms with Gasteiger partial charge in [-0.1, -0.05) is 32.9 Å². The van der Waals surface area contributed by atoms with E-state index in [0.717, 1.165) is 17.9 Å². The first-order chi connectivity index (χ1) is 8.69. The molecule has 0 amide bonds. The molecule has 1 aromatic carbocycles. The molecule has 2 nitrogen and oxygen atoms in total. The lowest BCUT2D eigenvalue weighted by Gasteiger charge is -2.07. The Morgan fingerprint density at radius 1 is 1.22 bits per heavy atom.